The summed E-state index contributed by atoms with van der Waals surface area (Å²) in [7, 11) is 4.08. The molecule has 0 fully saturated rings. The second-order valence-electron chi connectivity index (χ2n) is 7.21. The number of benzene rings is 3. The fourth-order valence-corrected chi connectivity index (χ4v) is 3.83. The molecule has 0 bridgehead atoms. The molecule has 136 valence electrons. The maximum atomic E-state index is 13.4. The fraction of sp³-hybridized carbons (Fsp3) is 0.208. The van der Waals surface area contributed by atoms with Crippen LogP contribution in [-0.4, -0.2) is 20.0 Å². The van der Waals surface area contributed by atoms with Crippen molar-refractivity contribution < 1.29 is 4.79 Å². The van der Waals surface area contributed by atoms with E-state index < -0.39 is 0 Å². The van der Waals surface area contributed by atoms with E-state index in [1.54, 1.807) is 0 Å². The average molecular weight is 356 g/mol. The van der Waals surface area contributed by atoms with Crippen LogP contribution < -0.4 is 9.80 Å². The Bertz CT molecular complexity index is 932. The number of carbonyl (C=O) groups is 1. The van der Waals surface area contributed by atoms with Crippen molar-refractivity contribution in [1.82, 2.24) is 0 Å². The summed E-state index contributed by atoms with van der Waals surface area (Å²) in [5, 5.41) is 0. The maximum absolute atomic E-state index is 13.4. The van der Waals surface area contributed by atoms with E-state index >= 15 is 0 Å². The van der Waals surface area contributed by atoms with E-state index in [-0.39, 0.29) is 11.9 Å². The van der Waals surface area contributed by atoms with Crippen LogP contribution in [-0.2, 0) is 6.42 Å². The number of hydrogen-bond donors (Lipinski definition) is 0. The van der Waals surface area contributed by atoms with Crippen molar-refractivity contribution in [3.05, 3.63) is 95.6 Å². The average Bonchev–Trinajstić information content (AvgIpc) is 2.73. The lowest BCUT2D eigenvalue weighted by Gasteiger charge is -2.38. The number of rotatable bonds is 3. The van der Waals surface area contributed by atoms with E-state index in [1.807, 2.05) is 55.4 Å². The lowest BCUT2D eigenvalue weighted by Crippen LogP contribution is -2.38. The largest absolute Gasteiger partial charge is 0.378 e. The highest BCUT2D eigenvalue weighted by Gasteiger charge is 2.32. The molecule has 0 aliphatic carbocycles. The third-order valence-electron chi connectivity index (χ3n) is 5.28. The molecule has 1 atom stereocenters. The molecule has 1 unspecified atom stereocenters. The molecule has 3 nitrogen and oxygen atoms in total. The van der Waals surface area contributed by atoms with Gasteiger partial charge in [0.05, 0.1) is 6.04 Å². The van der Waals surface area contributed by atoms with Gasteiger partial charge in [0.25, 0.3) is 5.91 Å². The van der Waals surface area contributed by atoms with Crippen LogP contribution in [0.15, 0.2) is 78.9 Å². The predicted molar refractivity (Wildman–Crippen MR) is 112 cm³/mol. The number of aryl methyl sites for hydroxylation is 1. The van der Waals surface area contributed by atoms with E-state index in [4.69, 9.17) is 0 Å². The number of anilines is 2. The number of hydrogen-bond acceptors (Lipinski definition) is 2. The van der Waals surface area contributed by atoms with E-state index in [9.17, 15) is 4.79 Å². The first-order valence-corrected chi connectivity index (χ1v) is 9.39. The van der Waals surface area contributed by atoms with Crippen molar-refractivity contribution in [2.75, 3.05) is 23.9 Å². The predicted octanol–water partition coefficient (Wildman–Crippen LogP) is 5.09. The Balaban J connectivity index is 1.77. The van der Waals surface area contributed by atoms with Gasteiger partial charge in [-0.1, -0.05) is 48.5 Å². The van der Waals surface area contributed by atoms with Crippen molar-refractivity contribution in [1.29, 1.82) is 0 Å². The first-order valence-electron chi connectivity index (χ1n) is 9.39. The van der Waals surface area contributed by atoms with Crippen molar-refractivity contribution in [3.8, 4) is 0 Å². The summed E-state index contributed by atoms with van der Waals surface area (Å²) in [6.45, 7) is 0. The van der Waals surface area contributed by atoms with Crippen molar-refractivity contribution >= 4 is 17.3 Å². The van der Waals surface area contributed by atoms with Crippen LogP contribution in [0, 0.1) is 0 Å². The number of nitrogens with zero attached hydrogens (tertiary/aromatic N) is 2. The molecule has 0 aromatic heterocycles. The molecule has 1 heterocycles. The van der Waals surface area contributed by atoms with Gasteiger partial charge in [0.15, 0.2) is 0 Å². The summed E-state index contributed by atoms with van der Waals surface area (Å²) in [6, 6.07) is 26.4. The molecular formula is C24H24N2O. The smallest absolute Gasteiger partial charge is 0.258 e. The van der Waals surface area contributed by atoms with Crippen LogP contribution in [0.5, 0.6) is 0 Å². The molecule has 1 amide bonds. The minimum absolute atomic E-state index is 0.0452. The van der Waals surface area contributed by atoms with E-state index in [1.165, 1.54) is 11.1 Å². The third kappa shape index (κ3) is 3.33. The van der Waals surface area contributed by atoms with Crippen LogP contribution in [0.25, 0.3) is 0 Å². The van der Waals surface area contributed by atoms with Gasteiger partial charge in [-0.3, -0.25) is 4.79 Å². The molecule has 1 aliphatic heterocycles. The summed E-state index contributed by atoms with van der Waals surface area (Å²) >= 11 is 0. The maximum Gasteiger partial charge on any atom is 0.258 e. The Morgan fingerprint density at radius 1 is 0.889 bits per heavy atom. The summed E-state index contributed by atoms with van der Waals surface area (Å²) in [4.78, 5) is 17.5. The van der Waals surface area contributed by atoms with E-state index in [0.717, 1.165) is 29.8 Å². The molecule has 27 heavy (non-hydrogen) atoms. The monoisotopic (exact) mass is 356 g/mol. The fourth-order valence-electron chi connectivity index (χ4n) is 3.83. The van der Waals surface area contributed by atoms with Gasteiger partial charge >= 0.3 is 0 Å². The topological polar surface area (TPSA) is 23.6 Å². The highest BCUT2D eigenvalue weighted by molar-refractivity contribution is 6.07. The second-order valence-corrected chi connectivity index (χ2v) is 7.21. The Morgan fingerprint density at radius 3 is 2.26 bits per heavy atom. The summed E-state index contributed by atoms with van der Waals surface area (Å²) in [6.07, 6.45) is 1.91. The molecule has 4 rings (SSSR count). The van der Waals surface area contributed by atoms with Crippen LogP contribution in [0.2, 0.25) is 0 Å². The standard InChI is InChI=1S/C24H24N2O/c1-25(2)21-15-12-19(13-16-21)23-17-14-18-8-6-7-11-22(18)26(23)24(27)20-9-4-3-5-10-20/h3-13,15-16,23H,14,17H2,1-2H3. The Kier molecular flexibility index (Phi) is 4.68. The van der Waals surface area contributed by atoms with Gasteiger partial charge in [-0.05, 0) is 54.3 Å². The molecule has 0 spiro atoms. The number of amides is 1. The minimum atomic E-state index is 0.0452. The van der Waals surface area contributed by atoms with Gasteiger partial charge < -0.3 is 9.80 Å². The molecule has 3 aromatic rings. The van der Waals surface area contributed by atoms with Crippen molar-refractivity contribution in [2.24, 2.45) is 0 Å². The number of fused-ring (bicyclic) bond motifs is 1. The minimum Gasteiger partial charge on any atom is -0.378 e. The molecule has 0 radical (unpaired) electrons. The highest BCUT2D eigenvalue weighted by atomic mass is 16.2. The van der Waals surface area contributed by atoms with Crippen molar-refractivity contribution in [2.45, 2.75) is 18.9 Å². The molecule has 0 N–H and O–H groups in total. The lowest BCUT2D eigenvalue weighted by atomic mass is 9.90. The molecule has 0 saturated carbocycles. The summed E-state index contributed by atoms with van der Waals surface area (Å²) in [5.41, 5.74) is 5.33. The van der Waals surface area contributed by atoms with Gasteiger partial charge in [-0.25, -0.2) is 0 Å². The van der Waals surface area contributed by atoms with Crippen LogP contribution in [0.3, 0.4) is 0 Å². The van der Waals surface area contributed by atoms with Gasteiger partial charge in [-0.15, -0.1) is 0 Å². The van der Waals surface area contributed by atoms with Gasteiger partial charge in [-0.2, -0.15) is 0 Å². The first kappa shape index (κ1) is 17.3. The molecular weight excluding hydrogens is 332 g/mol. The molecule has 3 heteroatoms. The Hall–Kier alpha value is -3.07. The van der Waals surface area contributed by atoms with Crippen LogP contribution >= 0.6 is 0 Å². The van der Waals surface area contributed by atoms with Crippen LogP contribution in [0.1, 0.15) is 33.9 Å². The van der Waals surface area contributed by atoms with E-state index in [0.29, 0.717) is 0 Å². The number of carbonyl (C=O) groups excluding carboxylic acids is 1. The molecule has 0 saturated heterocycles. The molecule has 1 aliphatic rings. The second kappa shape index (κ2) is 7.28. The summed E-state index contributed by atoms with van der Waals surface area (Å²) < 4.78 is 0. The van der Waals surface area contributed by atoms with Gasteiger partial charge in [0.1, 0.15) is 0 Å². The Labute approximate surface area is 160 Å². The van der Waals surface area contributed by atoms with Gasteiger partial charge in [0, 0.05) is 31.0 Å². The Morgan fingerprint density at radius 2 is 1.56 bits per heavy atom. The van der Waals surface area contributed by atoms with Crippen molar-refractivity contribution in [3.63, 3.8) is 0 Å². The van der Waals surface area contributed by atoms with E-state index in [2.05, 4.69) is 47.4 Å². The zero-order chi connectivity index (χ0) is 18.8. The summed E-state index contributed by atoms with van der Waals surface area (Å²) in [5.74, 6) is 0.0597. The highest BCUT2D eigenvalue weighted by Crippen LogP contribution is 2.39. The van der Waals surface area contributed by atoms with Gasteiger partial charge in [0.2, 0.25) is 0 Å². The lowest BCUT2D eigenvalue weighted by molar-refractivity contribution is 0.0972. The quantitative estimate of drug-likeness (QED) is 0.653. The zero-order valence-electron chi connectivity index (χ0n) is 15.8. The zero-order valence-corrected chi connectivity index (χ0v) is 15.8. The van der Waals surface area contributed by atoms with Crippen LogP contribution in [0.4, 0.5) is 11.4 Å². The SMILES string of the molecule is CN(C)c1ccc(C2CCc3ccccc3N2C(=O)c2ccccc2)cc1. The molecule has 3 aromatic carbocycles. The third-order valence-corrected chi connectivity index (χ3v) is 5.28. The normalized spacial score (nSPS) is 15.9. The first-order chi connectivity index (χ1) is 13.1. The number of para-hydroxylation sites is 1.